The average molecular weight is 289 g/mol. The number of anilines is 1. The topological polar surface area (TPSA) is 78.8 Å². The largest absolute Gasteiger partial charge is 0.496 e. The van der Waals surface area contributed by atoms with Gasteiger partial charge in [-0.25, -0.2) is 4.68 Å². The quantitative estimate of drug-likeness (QED) is 0.827. The van der Waals surface area contributed by atoms with Gasteiger partial charge in [-0.2, -0.15) is 0 Å². The van der Waals surface area contributed by atoms with E-state index in [0.29, 0.717) is 17.4 Å². The third-order valence-electron chi connectivity index (χ3n) is 3.54. The fourth-order valence-electron chi connectivity index (χ4n) is 2.26. The molecule has 1 aromatic heterocycles. The molecule has 0 amide bonds. The van der Waals surface area contributed by atoms with Gasteiger partial charge in [0, 0.05) is 5.69 Å². The molecule has 1 aromatic carbocycles. The van der Waals surface area contributed by atoms with E-state index in [1.54, 1.807) is 13.2 Å². The van der Waals surface area contributed by atoms with Crippen molar-refractivity contribution < 1.29 is 4.74 Å². The first kappa shape index (κ1) is 15.3. The SMILES string of the molecule is COc1ccc(N)cc1-c1nnnn1C(C)CCC(C)C. The Morgan fingerprint density at radius 1 is 1.24 bits per heavy atom. The van der Waals surface area contributed by atoms with Crippen LogP contribution < -0.4 is 10.5 Å². The summed E-state index contributed by atoms with van der Waals surface area (Å²) in [4.78, 5) is 0. The summed E-state index contributed by atoms with van der Waals surface area (Å²) in [6.45, 7) is 6.56. The van der Waals surface area contributed by atoms with Crippen LogP contribution in [-0.2, 0) is 0 Å². The Labute approximate surface area is 125 Å². The maximum Gasteiger partial charge on any atom is 0.186 e. The number of hydrogen-bond donors (Lipinski definition) is 1. The molecular formula is C15H23N5O. The molecule has 0 saturated carbocycles. The molecule has 21 heavy (non-hydrogen) atoms. The molecule has 1 atom stereocenters. The van der Waals surface area contributed by atoms with Crippen LogP contribution >= 0.6 is 0 Å². The van der Waals surface area contributed by atoms with Crippen LogP contribution in [0.15, 0.2) is 18.2 Å². The molecule has 0 aliphatic heterocycles. The normalized spacial score (nSPS) is 12.6. The maximum atomic E-state index is 5.88. The number of aromatic nitrogens is 4. The third-order valence-corrected chi connectivity index (χ3v) is 3.54. The smallest absolute Gasteiger partial charge is 0.186 e. The summed E-state index contributed by atoms with van der Waals surface area (Å²) in [7, 11) is 1.63. The molecule has 0 spiro atoms. The number of methoxy groups -OCH3 is 1. The Kier molecular flexibility index (Phi) is 4.77. The number of tetrazole rings is 1. The van der Waals surface area contributed by atoms with Gasteiger partial charge in [0.05, 0.1) is 18.7 Å². The van der Waals surface area contributed by atoms with E-state index in [9.17, 15) is 0 Å². The second kappa shape index (κ2) is 6.56. The van der Waals surface area contributed by atoms with Crippen LogP contribution in [0.3, 0.4) is 0 Å². The van der Waals surface area contributed by atoms with Gasteiger partial charge in [-0.05, 0) is 54.3 Å². The van der Waals surface area contributed by atoms with E-state index in [2.05, 4.69) is 36.3 Å². The molecule has 1 heterocycles. The minimum atomic E-state index is 0.225. The van der Waals surface area contributed by atoms with E-state index in [1.165, 1.54) is 0 Å². The highest BCUT2D eigenvalue weighted by Gasteiger charge is 2.18. The minimum Gasteiger partial charge on any atom is -0.496 e. The van der Waals surface area contributed by atoms with Crippen molar-refractivity contribution in [2.75, 3.05) is 12.8 Å². The predicted octanol–water partition coefficient (Wildman–Crippen LogP) is 2.93. The number of nitrogen functional groups attached to an aromatic ring is 1. The lowest BCUT2D eigenvalue weighted by molar-refractivity contribution is 0.402. The van der Waals surface area contributed by atoms with E-state index >= 15 is 0 Å². The van der Waals surface area contributed by atoms with Crippen LogP contribution in [0.4, 0.5) is 5.69 Å². The van der Waals surface area contributed by atoms with Crippen LogP contribution in [0.5, 0.6) is 5.75 Å². The van der Waals surface area contributed by atoms with Gasteiger partial charge in [0.15, 0.2) is 5.82 Å². The number of benzene rings is 1. The van der Waals surface area contributed by atoms with Gasteiger partial charge < -0.3 is 10.5 Å². The second-order valence-corrected chi connectivity index (χ2v) is 5.73. The lowest BCUT2D eigenvalue weighted by Crippen LogP contribution is -2.10. The van der Waals surface area contributed by atoms with Crippen LogP contribution in [0.1, 0.15) is 39.7 Å². The summed E-state index contributed by atoms with van der Waals surface area (Å²) >= 11 is 0. The summed E-state index contributed by atoms with van der Waals surface area (Å²) in [6.07, 6.45) is 2.16. The van der Waals surface area contributed by atoms with Gasteiger partial charge in [-0.15, -0.1) is 5.10 Å². The number of ether oxygens (including phenoxy) is 1. The molecule has 2 N–H and O–H groups in total. The van der Waals surface area contributed by atoms with Gasteiger partial charge in [0.25, 0.3) is 0 Å². The Bertz CT molecular complexity index is 593. The van der Waals surface area contributed by atoms with Crippen LogP contribution in [0.25, 0.3) is 11.4 Å². The standard InChI is InChI=1S/C15H23N5O/c1-10(2)5-6-11(3)20-15(17-18-19-20)13-9-12(16)7-8-14(13)21-4/h7-11H,5-6,16H2,1-4H3. The Morgan fingerprint density at radius 3 is 2.67 bits per heavy atom. The number of rotatable bonds is 6. The first-order valence-electron chi connectivity index (χ1n) is 7.24. The van der Waals surface area contributed by atoms with Crippen LogP contribution in [-0.4, -0.2) is 27.3 Å². The fraction of sp³-hybridized carbons (Fsp3) is 0.533. The second-order valence-electron chi connectivity index (χ2n) is 5.73. The van der Waals surface area contributed by atoms with Crippen molar-refractivity contribution in [1.29, 1.82) is 0 Å². The molecule has 114 valence electrons. The number of hydrogen-bond acceptors (Lipinski definition) is 5. The zero-order valence-electron chi connectivity index (χ0n) is 13.1. The van der Waals surface area contributed by atoms with Crippen molar-refractivity contribution in [2.45, 2.75) is 39.7 Å². The lowest BCUT2D eigenvalue weighted by Gasteiger charge is -2.16. The van der Waals surface area contributed by atoms with Crippen LogP contribution in [0.2, 0.25) is 0 Å². The van der Waals surface area contributed by atoms with Crippen molar-refractivity contribution >= 4 is 5.69 Å². The molecule has 2 rings (SSSR count). The predicted molar refractivity (Wildman–Crippen MR) is 83.0 cm³/mol. The molecule has 6 nitrogen and oxygen atoms in total. The van der Waals surface area contributed by atoms with Crippen LogP contribution in [0, 0.1) is 5.92 Å². The third kappa shape index (κ3) is 3.51. The van der Waals surface area contributed by atoms with E-state index in [4.69, 9.17) is 10.5 Å². The highest BCUT2D eigenvalue weighted by Crippen LogP contribution is 2.31. The molecule has 1 unspecified atom stereocenters. The summed E-state index contributed by atoms with van der Waals surface area (Å²) in [6, 6.07) is 5.71. The molecule has 0 aliphatic carbocycles. The lowest BCUT2D eigenvalue weighted by atomic mass is 10.0. The first-order valence-corrected chi connectivity index (χ1v) is 7.24. The molecular weight excluding hydrogens is 266 g/mol. The van der Waals surface area contributed by atoms with Gasteiger partial charge in [0.1, 0.15) is 5.75 Å². The van der Waals surface area contributed by atoms with Crippen molar-refractivity contribution in [3.05, 3.63) is 18.2 Å². The van der Waals surface area contributed by atoms with Crippen molar-refractivity contribution in [3.8, 4) is 17.1 Å². The van der Waals surface area contributed by atoms with Crippen molar-refractivity contribution in [1.82, 2.24) is 20.2 Å². The molecule has 0 radical (unpaired) electrons. The Balaban J connectivity index is 2.34. The molecule has 0 aliphatic rings. The fourth-order valence-corrected chi connectivity index (χ4v) is 2.26. The van der Waals surface area contributed by atoms with E-state index in [-0.39, 0.29) is 6.04 Å². The summed E-state index contributed by atoms with van der Waals surface area (Å²) in [5.74, 6) is 2.07. The highest BCUT2D eigenvalue weighted by molar-refractivity contribution is 5.68. The average Bonchev–Trinajstić information content (AvgIpc) is 2.94. The number of nitrogens with two attached hydrogens (primary N) is 1. The van der Waals surface area contributed by atoms with Gasteiger partial charge in [-0.1, -0.05) is 13.8 Å². The molecule has 2 aromatic rings. The summed E-state index contributed by atoms with van der Waals surface area (Å²) in [5, 5.41) is 12.1. The van der Waals surface area contributed by atoms with Gasteiger partial charge in [0.2, 0.25) is 0 Å². The maximum absolute atomic E-state index is 5.88. The Morgan fingerprint density at radius 2 is 2.00 bits per heavy atom. The minimum absolute atomic E-state index is 0.225. The molecule has 6 heteroatoms. The van der Waals surface area contributed by atoms with Crippen molar-refractivity contribution in [3.63, 3.8) is 0 Å². The zero-order chi connectivity index (χ0) is 15.4. The van der Waals surface area contributed by atoms with E-state index < -0.39 is 0 Å². The van der Waals surface area contributed by atoms with E-state index in [0.717, 1.165) is 24.2 Å². The first-order chi connectivity index (χ1) is 10.0. The van der Waals surface area contributed by atoms with Crippen molar-refractivity contribution in [2.24, 2.45) is 5.92 Å². The number of nitrogens with zero attached hydrogens (tertiary/aromatic N) is 4. The van der Waals surface area contributed by atoms with Gasteiger partial charge >= 0.3 is 0 Å². The Hall–Kier alpha value is -2.11. The molecule has 0 fully saturated rings. The zero-order valence-corrected chi connectivity index (χ0v) is 13.1. The highest BCUT2D eigenvalue weighted by atomic mass is 16.5. The molecule has 0 saturated heterocycles. The molecule has 0 bridgehead atoms. The van der Waals surface area contributed by atoms with E-state index in [1.807, 2.05) is 16.8 Å². The monoisotopic (exact) mass is 289 g/mol. The van der Waals surface area contributed by atoms with Gasteiger partial charge in [-0.3, -0.25) is 0 Å². The summed E-state index contributed by atoms with van der Waals surface area (Å²) in [5.41, 5.74) is 7.36. The summed E-state index contributed by atoms with van der Waals surface area (Å²) < 4.78 is 7.24.